The third-order valence-electron chi connectivity index (χ3n) is 10.5. The zero-order valence-electron chi connectivity index (χ0n) is 27.8. The second kappa shape index (κ2) is 12.1. The van der Waals surface area contributed by atoms with Crippen LogP contribution in [0.4, 0.5) is 5.69 Å². The summed E-state index contributed by atoms with van der Waals surface area (Å²) < 4.78 is 47.4. The highest BCUT2D eigenvalue weighted by Crippen LogP contribution is 2.58. The van der Waals surface area contributed by atoms with Crippen molar-refractivity contribution in [1.82, 2.24) is 14.7 Å². The normalized spacial score (nSPS) is 22.9. The molecule has 12 heteroatoms. The summed E-state index contributed by atoms with van der Waals surface area (Å²) in [6.45, 7) is 7.35. The lowest BCUT2D eigenvalue weighted by Crippen LogP contribution is -2.77. The minimum absolute atomic E-state index is 0.0246. The number of sulfonamides is 1. The van der Waals surface area contributed by atoms with Crippen molar-refractivity contribution in [3.05, 3.63) is 77.4 Å². The standard InChI is InChI=1S/C36H41N5O6S/c1-5-47-31-13-11-27(45-3)19-29(31)36(40-23-35(24-40)21-39(22-35)26-14-16-38(2)17-15-26)28-18-25(20-37)10-12-30(28)41(34(36)42)48(43,44)33-9-7-6-8-32(33)46-4/h6-13,18-19,26H,5,14-17,21-24H2,1-4H3. The van der Waals surface area contributed by atoms with E-state index < -0.39 is 21.5 Å². The SMILES string of the molecule is CCOc1ccc(OC)cc1C1(N2CC3(CN(C4CCN(C)CC4)C3)C2)C(=O)N(S(=O)(=O)c2ccccc2OC)c2ccc(C#N)cc21. The number of amides is 1. The topological polar surface area (TPSA) is 116 Å². The van der Waals surface area contributed by atoms with E-state index in [1.54, 1.807) is 61.7 Å². The Kier molecular flexibility index (Phi) is 8.15. The minimum atomic E-state index is -4.48. The molecule has 1 spiro atoms. The first-order valence-corrected chi connectivity index (χ1v) is 17.8. The first kappa shape index (κ1) is 32.4. The highest BCUT2D eigenvalue weighted by Gasteiger charge is 2.67. The van der Waals surface area contributed by atoms with Crippen LogP contribution in [0.1, 0.15) is 36.5 Å². The van der Waals surface area contributed by atoms with E-state index in [9.17, 15) is 13.7 Å². The average Bonchev–Trinajstić information content (AvgIpc) is 3.32. The van der Waals surface area contributed by atoms with E-state index in [2.05, 4.69) is 27.8 Å². The molecule has 3 saturated heterocycles. The number of likely N-dealkylation sites (tertiary alicyclic amines) is 3. The van der Waals surface area contributed by atoms with Gasteiger partial charge in [-0.25, -0.2) is 12.7 Å². The number of carbonyl (C=O) groups excluding carboxylic acids is 1. The van der Waals surface area contributed by atoms with E-state index in [0.717, 1.165) is 43.3 Å². The Bertz CT molecular complexity index is 1890. The molecule has 4 heterocycles. The van der Waals surface area contributed by atoms with Gasteiger partial charge in [-0.1, -0.05) is 12.1 Å². The average molecular weight is 672 g/mol. The third kappa shape index (κ3) is 4.86. The number of nitriles is 1. The van der Waals surface area contributed by atoms with Gasteiger partial charge in [0.1, 0.15) is 22.1 Å². The largest absolute Gasteiger partial charge is 0.497 e. The molecule has 3 fully saturated rings. The summed E-state index contributed by atoms with van der Waals surface area (Å²) in [6, 6.07) is 19.1. The van der Waals surface area contributed by atoms with Crippen LogP contribution < -0.4 is 18.5 Å². The predicted molar refractivity (Wildman–Crippen MR) is 180 cm³/mol. The number of carbonyl (C=O) groups is 1. The molecule has 0 saturated carbocycles. The lowest BCUT2D eigenvalue weighted by atomic mass is 9.67. The number of anilines is 1. The maximum atomic E-state index is 15.4. The molecule has 7 rings (SSSR count). The Morgan fingerprint density at radius 1 is 0.917 bits per heavy atom. The van der Waals surface area contributed by atoms with Gasteiger partial charge < -0.3 is 19.1 Å². The van der Waals surface area contributed by atoms with Gasteiger partial charge in [0.2, 0.25) is 0 Å². The number of methoxy groups -OCH3 is 2. The number of piperidine rings is 1. The fraction of sp³-hybridized carbons (Fsp3) is 0.444. The van der Waals surface area contributed by atoms with Crippen molar-refractivity contribution in [3.63, 3.8) is 0 Å². The zero-order chi connectivity index (χ0) is 33.8. The third-order valence-corrected chi connectivity index (χ3v) is 12.2. The van der Waals surface area contributed by atoms with Gasteiger partial charge in [0.05, 0.1) is 38.1 Å². The highest BCUT2D eigenvalue weighted by molar-refractivity contribution is 7.93. The summed E-state index contributed by atoms with van der Waals surface area (Å²) >= 11 is 0. The second-order valence-electron chi connectivity index (χ2n) is 13.4. The van der Waals surface area contributed by atoms with Gasteiger partial charge in [0.15, 0.2) is 5.54 Å². The first-order valence-electron chi connectivity index (χ1n) is 16.4. The molecule has 0 bridgehead atoms. The molecular formula is C36H41N5O6S. The molecule has 48 heavy (non-hydrogen) atoms. The lowest BCUT2D eigenvalue weighted by molar-refractivity contribution is -0.169. The van der Waals surface area contributed by atoms with Crippen LogP contribution in [-0.2, 0) is 20.4 Å². The van der Waals surface area contributed by atoms with Crippen LogP contribution in [0.15, 0.2) is 65.6 Å². The van der Waals surface area contributed by atoms with Crippen molar-refractivity contribution in [2.75, 3.05) is 71.4 Å². The van der Waals surface area contributed by atoms with E-state index in [0.29, 0.717) is 53.9 Å². The van der Waals surface area contributed by atoms with E-state index in [1.807, 2.05) is 6.92 Å². The van der Waals surface area contributed by atoms with E-state index in [1.165, 1.54) is 13.2 Å². The lowest BCUT2D eigenvalue weighted by Gasteiger charge is -2.65. The molecule has 0 radical (unpaired) electrons. The second-order valence-corrected chi connectivity index (χ2v) is 15.1. The summed E-state index contributed by atoms with van der Waals surface area (Å²) in [5.41, 5.74) is -0.239. The Hall–Kier alpha value is -4.15. The summed E-state index contributed by atoms with van der Waals surface area (Å²) in [7, 11) is 0.627. The molecule has 3 aromatic carbocycles. The monoisotopic (exact) mass is 671 g/mol. The van der Waals surface area contributed by atoms with E-state index >= 15 is 4.79 Å². The maximum Gasteiger partial charge on any atom is 0.274 e. The fourth-order valence-corrected chi connectivity index (χ4v) is 9.81. The van der Waals surface area contributed by atoms with Crippen LogP contribution >= 0.6 is 0 Å². The quantitative estimate of drug-likeness (QED) is 0.334. The smallest absolute Gasteiger partial charge is 0.274 e. The van der Waals surface area contributed by atoms with Crippen molar-refractivity contribution in [2.45, 2.75) is 36.2 Å². The molecule has 1 atom stereocenters. The number of hydrogen-bond acceptors (Lipinski definition) is 10. The number of hydrogen-bond donors (Lipinski definition) is 0. The molecule has 0 aromatic heterocycles. The Morgan fingerprint density at radius 3 is 2.31 bits per heavy atom. The summed E-state index contributed by atoms with van der Waals surface area (Å²) in [6.07, 6.45) is 2.28. The van der Waals surface area contributed by atoms with Crippen LogP contribution in [0, 0.1) is 16.7 Å². The molecule has 1 unspecified atom stereocenters. The Balaban J connectivity index is 1.38. The molecule has 252 valence electrons. The van der Waals surface area contributed by atoms with Crippen molar-refractivity contribution >= 4 is 21.6 Å². The molecule has 3 aromatic rings. The Morgan fingerprint density at radius 2 is 1.65 bits per heavy atom. The molecule has 1 amide bonds. The van der Waals surface area contributed by atoms with Crippen molar-refractivity contribution in [1.29, 1.82) is 5.26 Å². The maximum absolute atomic E-state index is 15.4. The molecular weight excluding hydrogens is 630 g/mol. The van der Waals surface area contributed by atoms with Gasteiger partial charge in [-0.2, -0.15) is 5.26 Å². The molecule has 4 aliphatic heterocycles. The number of para-hydroxylation sites is 1. The number of ether oxygens (including phenoxy) is 3. The number of rotatable bonds is 9. The predicted octanol–water partition coefficient (Wildman–Crippen LogP) is 3.67. The van der Waals surface area contributed by atoms with Crippen LogP contribution in [-0.4, -0.2) is 102 Å². The number of benzene rings is 3. The van der Waals surface area contributed by atoms with Crippen LogP contribution in [0.25, 0.3) is 0 Å². The summed E-state index contributed by atoms with van der Waals surface area (Å²) in [5.74, 6) is 0.408. The molecule has 0 N–H and O–H groups in total. The number of fused-ring (bicyclic) bond motifs is 1. The van der Waals surface area contributed by atoms with Crippen LogP contribution in [0.3, 0.4) is 0 Å². The number of nitrogens with zero attached hydrogens (tertiary/aromatic N) is 5. The molecule has 0 aliphatic carbocycles. The summed E-state index contributed by atoms with van der Waals surface area (Å²) in [4.78, 5) is 22.3. The van der Waals surface area contributed by atoms with E-state index in [-0.39, 0.29) is 21.7 Å². The highest BCUT2D eigenvalue weighted by atomic mass is 32.2. The zero-order valence-corrected chi connectivity index (χ0v) is 28.6. The molecule has 4 aliphatic rings. The van der Waals surface area contributed by atoms with E-state index in [4.69, 9.17) is 14.2 Å². The van der Waals surface area contributed by atoms with Gasteiger partial charge in [-0.15, -0.1) is 0 Å². The van der Waals surface area contributed by atoms with Crippen LogP contribution in [0.5, 0.6) is 17.2 Å². The van der Waals surface area contributed by atoms with Crippen LogP contribution in [0.2, 0.25) is 0 Å². The van der Waals surface area contributed by atoms with Gasteiger partial charge in [0, 0.05) is 48.8 Å². The van der Waals surface area contributed by atoms with Crippen molar-refractivity contribution < 1.29 is 27.4 Å². The Labute approximate surface area is 282 Å². The van der Waals surface area contributed by atoms with Crippen molar-refractivity contribution in [3.8, 4) is 23.3 Å². The first-order chi connectivity index (χ1) is 23.1. The minimum Gasteiger partial charge on any atom is -0.497 e. The van der Waals surface area contributed by atoms with Crippen molar-refractivity contribution in [2.24, 2.45) is 5.41 Å². The van der Waals surface area contributed by atoms with Gasteiger partial charge >= 0.3 is 0 Å². The van der Waals surface area contributed by atoms with Gasteiger partial charge in [0.25, 0.3) is 15.9 Å². The fourth-order valence-electron chi connectivity index (χ4n) is 8.18. The van der Waals surface area contributed by atoms with Gasteiger partial charge in [-0.3, -0.25) is 14.6 Å². The van der Waals surface area contributed by atoms with Gasteiger partial charge in [-0.05, 0) is 88.4 Å². The molecule has 11 nitrogen and oxygen atoms in total. The summed E-state index contributed by atoms with van der Waals surface area (Å²) in [5, 5.41) is 10.0.